The zero-order chi connectivity index (χ0) is 19.3. The Labute approximate surface area is 158 Å². The molecule has 142 valence electrons. The Morgan fingerprint density at radius 1 is 0.692 bits per heavy atom. The van der Waals surface area contributed by atoms with E-state index in [1.54, 1.807) is 0 Å². The first-order chi connectivity index (χ1) is 12.4. The second kappa shape index (κ2) is 9.12. The number of benzene rings is 2. The summed E-state index contributed by atoms with van der Waals surface area (Å²) >= 11 is 0. The van der Waals surface area contributed by atoms with E-state index in [2.05, 4.69) is 45.0 Å². The van der Waals surface area contributed by atoms with E-state index >= 15 is 0 Å². The lowest BCUT2D eigenvalue weighted by molar-refractivity contribution is 0.445. The highest BCUT2D eigenvalue weighted by molar-refractivity contribution is 5.53. The van der Waals surface area contributed by atoms with Crippen molar-refractivity contribution < 1.29 is 10.2 Å². The summed E-state index contributed by atoms with van der Waals surface area (Å²) in [6.07, 6.45) is 6.08. The van der Waals surface area contributed by atoms with Crippen LogP contribution in [0, 0.1) is 13.8 Å². The predicted octanol–water partition coefficient (Wildman–Crippen LogP) is 6.55. The highest BCUT2D eigenvalue weighted by atomic mass is 16.3. The Kier molecular flexibility index (Phi) is 7.14. The van der Waals surface area contributed by atoms with Crippen molar-refractivity contribution in [3.8, 4) is 11.5 Å². The zero-order valence-electron chi connectivity index (χ0n) is 17.0. The Hall–Kier alpha value is -1.96. The molecule has 0 aliphatic rings. The first-order valence-corrected chi connectivity index (χ1v) is 10.1. The molecule has 0 bridgehead atoms. The van der Waals surface area contributed by atoms with Gasteiger partial charge in [0.05, 0.1) is 0 Å². The molecule has 0 spiro atoms. The maximum absolute atomic E-state index is 10.8. The minimum absolute atomic E-state index is 0.0195. The van der Waals surface area contributed by atoms with E-state index in [-0.39, 0.29) is 5.92 Å². The molecule has 0 unspecified atom stereocenters. The molecule has 0 heterocycles. The molecule has 0 atom stereocenters. The molecule has 2 heteroatoms. The molecule has 2 N–H and O–H groups in total. The third kappa shape index (κ3) is 4.41. The quantitative estimate of drug-likeness (QED) is 0.564. The van der Waals surface area contributed by atoms with E-state index in [1.807, 2.05) is 13.8 Å². The summed E-state index contributed by atoms with van der Waals surface area (Å²) in [4.78, 5) is 0. The molecule has 0 saturated heterocycles. The number of aromatic hydroxyl groups is 2. The van der Waals surface area contributed by atoms with Crippen LogP contribution in [0.1, 0.15) is 85.8 Å². The Bertz CT molecular complexity index is 685. The summed E-state index contributed by atoms with van der Waals surface area (Å²) < 4.78 is 0. The van der Waals surface area contributed by atoms with Crippen LogP contribution in [-0.2, 0) is 12.8 Å². The average Bonchev–Trinajstić information content (AvgIpc) is 2.60. The normalized spacial score (nSPS) is 11.3. The maximum Gasteiger partial charge on any atom is 0.122 e. The summed E-state index contributed by atoms with van der Waals surface area (Å²) in [5, 5.41) is 21.6. The van der Waals surface area contributed by atoms with E-state index in [9.17, 15) is 10.2 Å². The average molecular weight is 355 g/mol. The van der Waals surface area contributed by atoms with Crippen LogP contribution in [0.15, 0.2) is 24.3 Å². The number of rotatable bonds is 8. The molecule has 0 fully saturated rings. The van der Waals surface area contributed by atoms with Gasteiger partial charge in [0.25, 0.3) is 0 Å². The Morgan fingerprint density at radius 2 is 1.12 bits per heavy atom. The van der Waals surface area contributed by atoms with Crippen LogP contribution in [0.25, 0.3) is 0 Å². The van der Waals surface area contributed by atoms with E-state index in [1.165, 1.54) is 11.1 Å². The standard InChI is InChI=1S/C24H34O2/c1-6-9-18-12-16(4)23(25)21(14-18)20(11-8-3)22-15-19(10-7-2)13-17(5)24(22)26/h12-15,20,25-26H,6-11H2,1-5H3. The second-order valence-corrected chi connectivity index (χ2v) is 7.54. The van der Waals surface area contributed by atoms with Crippen molar-refractivity contribution in [1.82, 2.24) is 0 Å². The van der Waals surface area contributed by atoms with Gasteiger partial charge in [-0.3, -0.25) is 0 Å². The highest BCUT2D eigenvalue weighted by Gasteiger charge is 2.23. The highest BCUT2D eigenvalue weighted by Crippen LogP contribution is 2.42. The molecule has 2 nitrogen and oxygen atoms in total. The van der Waals surface area contributed by atoms with Crippen LogP contribution >= 0.6 is 0 Å². The summed E-state index contributed by atoms with van der Waals surface area (Å²) in [6.45, 7) is 10.5. The van der Waals surface area contributed by atoms with Gasteiger partial charge in [-0.1, -0.05) is 64.3 Å². The van der Waals surface area contributed by atoms with E-state index in [4.69, 9.17) is 0 Å². The predicted molar refractivity (Wildman–Crippen MR) is 110 cm³/mol. The Morgan fingerprint density at radius 3 is 1.46 bits per heavy atom. The molecule has 2 rings (SSSR count). The molecule has 0 saturated carbocycles. The van der Waals surface area contributed by atoms with Crippen molar-refractivity contribution in [3.63, 3.8) is 0 Å². The summed E-state index contributed by atoms with van der Waals surface area (Å²) in [7, 11) is 0. The van der Waals surface area contributed by atoms with Crippen LogP contribution in [0.2, 0.25) is 0 Å². The van der Waals surface area contributed by atoms with Gasteiger partial charge in [-0.2, -0.15) is 0 Å². The fourth-order valence-corrected chi connectivity index (χ4v) is 3.93. The van der Waals surface area contributed by atoms with E-state index < -0.39 is 0 Å². The van der Waals surface area contributed by atoms with Gasteiger partial charge in [-0.25, -0.2) is 0 Å². The van der Waals surface area contributed by atoms with E-state index in [0.29, 0.717) is 11.5 Å². The van der Waals surface area contributed by atoms with Gasteiger partial charge in [-0.05, 0) is 55.4 Å². The lowest BCUT2D eigenvalue weighted by atomic mass is 9.82. The molecule has 2 aromatic carbocycles. The first kappa shape index (κ1) is 20.4. The van der Waals surface area contributed by atoms with Gasteiger partial charge in [0.2, 0.25) is 0 Å². The third-order valence-electron chi connectivity index (χ3n) is 5.19. The van der Waals surface area contributed by atoms with Crippen LogP contribution in [0.3, 0.4) is 0 Å². The molecule has 0 radical (unpaired) electrons. The fourth-order valence-electron chi connectivity index (χ4n) is 3.93. The lowest BCUT2D eigenvalue weighted by Crippen LogP contribution is -2.06. The van der Waals surface area contributed by atoms with Crippen LogP contribution in [0.4, 0.5) is 0 Å². The minimum atomic E-state index is 0.0195. The van der Waals surface area contributed by atoms with Gasteiger partial charge < -0.3 is 10.2 Å². The minimum Gasteiger partial charge on any atom is -0.507 e. The second-order valence-electron chi connectivity index (χ2n) is 7.54. The molecule has 0 aliphatic carbocycles. The fraction of sp³-hybridized carbons (Fsp3) is 0.500. The molecular formula is C24H34O2. The molecule has 2 aromatic rings. The topological polar surface area (TPSA) is 40.5 Å². The molecular weight excluding hydrogens is 320 g/mol. The maximum atomic E-state index is 10.8. The summed E-state index contributed by atoms with van der Waals surface area (Å²) in [5.74, 6) is 0.772. The number of phenols is 2. The van der Waals surface area contributed by atoms with Crippen LogP contribution < -0.4 is 0 Å². The number of hydrogen-bond acceptors (Lipinski definition) is 2. The molecule has 26 heavy (non-hydrogen) atoms. The van der Waals surface area contributed by atoms with Gasteiger partial charge in [0.1, 0.15) is 11.5 Å². The number of aryl methyl sites for hydroxylation is 4. The summed E-state index contributed by atoms with van der Waals surface area (Å²) in [5.41, 5.74) is 6.29. The van der Waals surface area contributed by atoms with Gasteiger partial charge >= 0.3 is 0 Å². The molecule has 0 aliphatic heterocycles. The van der Waals surface area contributed by atoms with Crippen molar-refractivity contribution in [3.05, 3.63) is 57.6 Å². The zero-order valence-corrected chi connectivity index (χ0v) is 17.0. The Balaban J connectivity index is 2.63. The largest absolute Gasteiger partial charge is 0.507 e. The van der Waals surface area contributed by atoms with Crippen molar-refractivity contribution in [1.29, 1.82) is 0 Å². The monoisotopic (exact) mass is 354 g/mol. The van der Waals surface area contributed by atoms with Crippen molar-refractivity contribution >= 4 is 0 Å². The number of phenolic OH excluding ortho intramolecular Hbond substituents is 2. The van der Waals surface area contributed by atoms with E-state index in [0.717, 1.165) is 60.8 Å². The van der Waals surface area contributed by atoms with Crippen molar-refractivity contribution in [2.24, 2.45) is 0 Å². The SMILES string of the molecule is CCCc1cc(C)c(O)c(C(CCC)c2cc(CCC)cc(C)c2O)c1. The van der Waals surface area contributed by atoms with Gasteiger partial charge in [0.15, 0.2) is 0 Å². The van der Waals surface area contributed by atoms with Gasteiger partial charge in [-0.15, -0.1) is 0 Å². The van der Waals surface area contributed by atoms with Gasteiger partial charge in [0, 0.05) is 17.0 Å². The molecule has 0 aromatic heterocycles. The third-order valence-corrected chi connectivity index (χ3v) is 5.19. The van der Waals surface area contributed by atoms with Crippen molar-refractivity contribution in [2.75, 3.05) is 0 Å². The smallest absolute Gasteiger partial charge is 0.122 e. The number of hydrogen-bond donors (Lipinski definition) is 2. The van der Waals surface area contributed by atoms with Crippen LogP contribution in [-0.4, -0.2) is 10.2 Å². The summed E-state index contributed by atoms with van der Waals surface area (Å²) in [6, 6.07) is 8.47. The van der Waals surface area contributed by atoms with Crippen molar-refractivity contribution in [2.45, 2.75) is 79.1 Å². The lowest BCUT2D eigenvalue weighted by Gasteiger charge is -2.23. The molecule has 0 amide bonds. The first-order valence-electron chi connectivity index (χ1n) is 10.1. The van der Waals surface area contributed by atoms with Crippen LogP contribution in [0.5, 0.6) is 11.5 Å².